The van der Waals surface area contributed by atoms with Crippen molar-refractivity contribution in [2.75, 3.05) is 10.6 Å². The lowest BCUT2D eigenvalue weighted by atomic mass is 10.3. The maximum atomic E-state index is 6.26. The van der Waals surface area contributed by atoms with E-state index in [0.29, 0.717) is 22.3 Å². The number of nitrogens with zero attached hydrogens (tertiary/aromatic N) is 6. The lowest BCUT2D eigenvalue weighted by Crippen LogP contribution is -2.05. The molecule has 0 unspecified atom stereocenters. The first-order valence-electron chi connectivity index (χ1n) is 8.53. The highest BCUT2D eigenvalue weighted by Gasteiger charge is 2.16. The SMILES string of the molecule is CC(C)n1cnc2c(Nc3cnn(C)c3)nc(Nc3ccccc3Cl)nc21. The summed E-state index contributed by atoms with van der Waals surface area (Å²) in [5.41, 5.74) is 2.99. The van der Waals surface area contributed by atoms with Crippen molar-refractivity contribution in [1.29, 1.82) is 0 Å². The molecule has 3 heterocycles. The zero-order chi connectivity index (χ0) is 19.0. The summed E-state index contributed by atoms with van der Waals surface area (Å²) in [7, 11) is 1.86. The summed E-state index contributed by atoms with van der Waals surface area (Å²) in [5.74, 6) is 1.03. The molecule has 0 spiro atoms. The van der Waals surface area contributed by atoms with E-state index in [-0.39, 0.29) is 6.04 Å². The van der Waals surface area contributed by atoms with Gasteiger partial charge in [0.05, 0.1) is 28.9 Å². The van der Waals surface area contributed by atoms with E-state index in [1.165, 1.54) is 0 Å². The number of rotatable bonds is 5. The number of imidazole rings is 1. The fraction of sp³-hybridized carbons (Fsp3) is 0.222. The van der Waals surface area contributed by atoms with Crippen LogP contribution >= 0.6 is 11.6 Å². The summed E-state index contributed by atoms with van der Waals surface area (Å²) in [4.78, 5) is 13.8. The van der Waals surface area contributed by atoms with Gasteiger partial charge in [0, 0.05) is 19.3 Å². The molecular formula is C18H19ClN8. The summed E-state index contributed by atoms with van der Waals surface area (Å²) in [6.07, 6.45) is 5.38. The van der Waals surface area contributed by atoms with E-state index >= 15 is 0 Å². The molecule has 0 aliphatic rings. The molecule has 138 valence electrons. The summed E-state index contributed by atoms with van der Waals surface area (Å²) >= 11 is 6.26. The molecule has 0 bridgehead atoms. The van der Waals surface area contributed by atoms with Gasteiger partial charge in [-0.05, 0) is 26.0 Å². The molecule has 4 aromatic rings. The molecule has 0 radical (unpaired) electrons. The second kappa shape index (κ2) is 6.88. The van der Waals surface area contributed by atoms with Crippen molar-refractivity contribution in [3.63, 3.8) is 0 Å². The number of hydrogen-bond donors (Lipinski definition) is 2. The van der Waals surface area contributed by atoms with Gasteiger partial charge in [-0.3, -0.25) is 4.68 Å². The molecule has 4 rings (SSSR count). The summed E-state index contributed by atoms with van der Waals surface area (Å²) in [6, 6.07) is 7.68. The molecule has 3 aromatic heterocycles. The second-order valence-electron chi connectivity index (χ2n) is 6.45. The van der Waals surface area contributed by atoms with Gasteiger partial charge in [0.1, 0.15) is 0 Å². The fourth-order valence-electron chi connectivity index (χ4n) is 2.74. The first-order chi connectivity index (χ1) is 13.0. The summed E-state index contributed by atoms with van der Waals surface area (Å²) < 4.78 is 3.72. The predicted molar refractivity (Wildman–Crippen MR) is 107 cm³/mol. The minimum Gasteiger partial charge on any atom is -0.336 e. The van der Waals surface area contributed by atoms with Crippen LogP contribution < -0.4 is 10.6 Å². The third-order valence-electron chi connectivity index (χ3n) is 4.07. The number of para-hydroxylation sites is 1. The van der Waals surface area contributed by atoms with E-state index in [1.54, 1.807) is 17.2 Å². The van der Waals surface area contributed by atoms with Crippen molar-refractivity contribution in [2.24, 2.45) is 7.05 Å². The number of aromatic nitrogens is 6. The predicted octanol–water partition coefficient (Wildman–Crippen LogP) is 4.28. The Morgan fingerprint density at radius 3 is 2.63 bits per heavy atom. The standard InChI is InChI=1S/C18H19ClN8/c1-11(2)27-10-20-15-16(22-12-8-21-26(3)9-12)24-18(25-17(15)27)23-14-7-5-4-6-13(14)19/h4-11H,1-3H3,(H2,22,23,24,25). The average molecular weight is 383 g/mol. The number of anilines is 4. The number of benzene rings is 1. The molecule has 1 aromatic carbocycles. The number of fused-ring (bicyclic) bond motifs is 1. The van der Waals surface area contributed by atoms with Crippen LogP contribution in [0.2, 0.25) is 5.02 Å². The maximum absolute atomic E-state index is 6.26. The zero-order valence-electron chi connectivity index (χ0n) is 15.2. The minimum absolute atomic E-state index is 0.212. The summed E-state index contributed by atoms with van der Waals surface area (Å²) in [6.45, 7) is 4.16. The van der Waals surface area contributed by atoms with Gasteiger partial charge < -0.3 is 15.2 Å². The topological polar surface area (TPSA) is 85.5 Å². The number of aryl methyl sites for hydroxylation is 1. The maximum Gasteiger partial charge on any atom is 0.231 e. The Balaban J connectivity index is 1.81. The molecule has 0 aliphatic heterocycles. The zero-order valence-corrected chi connectivity index (χ0v) is 15.9. The van der Waals surface area contributed by atoms with Gasteiger partial charge in [0.2, 0.25) is 5.95 Å². The quantitative estimate of drug-likeness (QED) is 0.535. The molecule has 0 amide bonds. The van der Waals surface area contributed by atoms with Crippen molar-refractivity contribution >= 4 is 45.9 Å². The van der Waals surface area contributed by atoms with Crippen LogP contribution in [0.15, 0.2) is 43.0 Å². The molecule has 0 atom stereocenters. The monoisotopic (exact) mass is 382 g/mol. The normalized spacial score (nSPS) is 11.3. The van der Waals surface area contributed by atoms with E-state index in [9.17, 15) is 0 Å². The van der Waals surface area contributed by atoms with Crippen molar-refractivity contribution < 1.29 is 0 Å². The smallest absolute Gasteiger partial charge is 0.231 e. The number of nitrogens with one attached hydrogen (secondary N) is 2. The van der Waals surface area contributed by atoms with Gasteiger partial charge in [0.25, 0.3) is 0 Å². The lowest BCUT2D eigenvalue weighted by molar-refractivity contribution is 0.613. The van der Waals surface area contributed by atoms with Gasteiger partial charge >= 0.3 is 0 Å². The molecule has 27 heavy (non-hydrogen) atoms. The Hall–Kier alpha value is -3.13. The Morgan fingerprint density at radius 2 is 1.93 bits per heavy atom. The van der Waals surface area contributed by atoms with Crippen LogP contribution in [-0.4, -0.2) is 29.3 Å². The molecule has 0 saturated carbocycles. The van der Waals surface area contributed by atoms with Crippen LogP contribution in [0.3, 0.4) is 0 Å². The Labute approximate surface area is 161 Å². The molecule has 0 saturated heterocycles. The van der Waals surface area contributed by atoms with Crippen molar-refractivity contribution in [3.8, 4) is 0 Å². The Morgan fingerprint density at radius 1 is 1.11 bits per heavy atom. The van der Waals surface area contributed by atoms with Crippen molar-refractivity contribution in [3.05, 3.63) is 48.0 Å². The molecule has 8 nitrogen and oxygen atoms in total. The lowest BCUT2D eigenvalue weighted by Gasteiger charge is -2.12. The van der Waals surface area contributed by atoms with Crippen molar-refractivity contribution in [2.45, 2.75) is 19.9 Å². The number of halogens is 1. The Kier molecular flexibility index (Phi) is 4.41. The highest BCUT2D eigenvalue weighted by atomic mass is 35.5. The first-order valence-corrected chi connectivity index (χ1v) is 8.91. The van der Waals surface area contributed by atoms with Gasteiger partial charge in [-0.2, -0.15) is 15.1 Å². The van der Waals surface area contributed by atoms with E-state index in [2.05, 4.69) is 44.5 Å². The highest BCUT2D eigenvalue weighted by Crippen LogP contribution is 2.28. The molecule has 9 heteroatoms. The third kappa shape index (κ3) is 3.43. The van der Waals surface area contributed by atoms with E-state index in [0.717, 1.165) is 17.0 Å². The van der Waals surface area contributed by atoms with Crippen LogP contribution in [-0.2, 0) is 7.05 Å². The number of hydrogen-bond acceptors (Lipinski definition) is 6. The van der Waals surface area contributed by atoms with Crippen LogP contribution in [0, 0.1) is 0 Å². The molecule has 0 fully saturated rings. The second-order valence-corrected chi connectivity index (χ2v) is 6.85. The first kappa shape index (κ1) is 17.3. The van der Waals surface area contributed by atoms with Crippen LogP contribution in [0.4, 0.5) is 23.1 Å². The average Bonchev–Trinajstić information content (AvgIpc) is 3.23. The Bertz CT molecular complexity index is 1100. The minimum atomic E-state index is 0.212. The molecular weight excluding hydrogens is 364 g/mol. The third-order valence-corrected chi connectivity index (χ3v) is 4.40. The van der Waals surface area contributed by atoms with Crippen LogP contribution in [0.1, 0.15) is 19.9 Å². The van der Waals surface area contributed by atoms with Gasteiger partial charge in [-0.1, -0.05) is 23.7 Å². The largest absolute Gasteiger partial charge is 0.336 e. The van der Waals surface area contributed by atoms with Gasteiger partial charge in [-0.15, -0.1) is 0 Å². The molecule has 2 N–H and O–H groups in total. The van der Waals surface area contributed by atoms with Crippen molar-refractivity contribution in [1.82, 2.24) is 29.3 Å². The van der Waals surface area contributed by atoms with E-state index in [4.69, 9.17) is 11.6 Å². The van der Waals surface area contributed by atoms with Crippen LogP contribution in [0.25, 0.3) is 11.2 Å². The van der Waals surface area contributed by atoms with Gasteiger partial charge in [-0.25, -0.2) is 4.98 Å². The van der Waals surface area contributed by atoms with E-state index < -0.39 is 0 Å². The van der Waals surface area contributed by atoms with E-state index in [1.807, 2.05) is 42.1 Å². The summed E-state index contributed by atoms with van der Waals surface area (Å²) in [5, 5.41) is 11.3. The van der Waals surface area contributed by atoms with Gasteiger partial charge in [0.15, 0.2) is 17.0 Å². The highest BCUT2D eigenvalue weighted by molar-refractivity contribution is 6.33. The van der Waals surface area contributed by atoms with Crippen LogP contribution in [0.5, 0.6) is 0 Å². The fourth-order valence-corrected chi connectivity index (χ4v) is 2.93. The molecule has 0 aliphatic carbocycles.